The zero-order valence-corrected chi connectivity index (χ0v) is 10.2. The molecule has 1 heterocycles. The Morgan fingerprint density at radius 3 is 2.67 bits per heavy atom. The number of aromatic amines is 1. The molecule has 0 radical (unpaired) electrons. The molecule has 0 saturated heterocycles. The van der Waals surface area contributed by atoms with Crippen molar-refractivity contribution in [2.75, 3.05) is 5.32 Å². The van der Waals surface area contributed by atoms with E-state index in [2.05, 4.69) is 15.5 Å². The summed E-state index contributed by atoms with van der Waals surface area (Å²) in [5.41, 5.74) is 2.16. The number of carbonyl (C=O) groups excluding carboxylic acids is 2. The van der Waals surface area contributed by atoms with Crippen LogP contribution >= 0.6 is 0 Å². The van der Waals surface area contributed by atoms with Gasteiger partial charge in [-0.05, 0) is 18.6 Å². The van der Waals surface area contributed by atoms with Crippen molar-refractivity contribution >= 4 is 17.4 Å². The summed E-state index contributed by atoms with van der Waals surface area (Å²) in [5, 5.41) is 8.99. The molecule has 0 fully saturated rings. The Hall–Kier alpha value is -2.43. The van der Waals surface area contributed by atoms with Gasteiger partial charge in [-0.2, -0.15) is 5.10 Å². The number of nitrogens with one attached hydrogen (secondary N) is 2. The third kappa shape index (κ3) is 2.29. The predicted octanol–water partition coefficient (Wildman–Crippen LogP) is 2.17. The van der Waals surface area contributed by atoms with Crippen molar-refractivity contribution in [3.05, 3.63) is 47.3 Å². The Kier molecular flexibility index (Phi) is 3.23. The number of nitrogens with zero attached hydrogens (tertiary/aromatic N) is 1. The Labute approximate surface area is 104 Å². The van der Waals surface area contributed by atoms with Gasteiger partial charge < -0.3 is 5.32 Å². The van der Waals surface area contributed by atoms with Crippen molar-refractivity contribution in [3.63, 3.8) is 0 Å². The molecule has 0 saturated carbocycles. The minimum absolute atomic E-state index is 0.174. The molecular formula is C13H13N3O2. The van der Waals surface area contributed by atoms with Gasteiger partial charge in [-0.1, -0.05) is 18.2 Å². The van der Waals surface area contributed by atoms with E-state index in [4.69, 9.17) is 0 Å². The summed E-state index contributed by atoms with van der Waals surface area (Å²) in [5.74, 6) is -0.426. The standard InChI is InChI=1S/C13H13N3O2/c1-8-5-3-4-6-10(8)13(18)15-11-7-14-16-12(11)9(2)17/h3-7H,1-2H3,(H,14,16)(H,15,18). The fourth-order valence-corrected chi connectivity index (χ4v) is 1.67. The van der Waals surface area contributed by atoms with Crippen molar-refractivity contribution < 1.29 is 9.59 Å². The van der Waals surface area contributed by atoms with Crippen LogP contribution < -0.4 is 5.32 Å². The summed E-state index contributed by atoms with van der Waals surface area (Å²) in [6.07, 6.45) is 1.42. The average Bonchev–Trinajstić information content (AvgIpc) is 2.77. The summed E-state index contributed by atoms with van der Waals surface area (Å²) < 4.78 is 0. The topological polar surface area (TPSA) is 74.8 Å². The van der Waals surface area contributed by atoms with Crippen LogP contribution in [0.4, 0.5) is 5.69 Å². The van der Waals surface area contributed by atoms with E-state index < -0.39 is 0 Å². The molecule has 2 N–H and O–H groups in total. The monoisotopic (exact) mass is 243 g/mol. The molecule has 1 aromatic carbocycles. The largest absolute Gasteiger partial charge is 0.319 e. The number of aryl methyl sites for hydroxylation is 1. The van der Waals surface area contributed by atoms with Crippen LogP contribution in [0, 0.1) is 6.92 Å². The summed E-state index contributed by atoms with van der Waals surface area (Å²) in [7, 11) is 0. The van der Waals surface area contributed by atoms with E-state index in [1.807, 2.05) is 19.1 Å². The number of aromatic nitrogens is 2. The number of anilines is 1. The Morgan fingerprint density at radius 1 is 1.28 bits per heavy atom. The van der Waals surface area contributed by atoms with Crippen LogP contribution in [0.15, 0.2) is 30.5 Å². The first kappa shape index (κ1) is 12.0. The van der Waals surface area contributed by atoms with Crippen LogP contribution in [-0.2, 0) is 0 Å². The number of amides is 1. The first-order valence-corrected chi connectivity index (χ1v) is 5.51. The number of hydrogen-bond acceptors (Lipinski definition) is 3. The lowest BCUT2D eigenvalue weighted by Crippen LogP contribution is -2.14. The molecule has 2 aromatic rings. The van der Waals surface area contributed by atoms with Crippen LogP contribution in [0.3, 0.4) is 0 Å². The van der Waals surface area contributed by atoms with E-state index in [0.29, 0.717) is 16.9 Å². The zero-order valence-electron chi connectivity index (χ0n) is 10.2. The molecule has 18 heavy (non-hydrogen) atoms. The molecule has 0 unspecified atom stereocenters. The minimum Gasteiger partial charge on any atom is -0.319 e. The number of rotatable bonds is 3. The van der Waals surface area contributed by atoms with Crippen LogP contribution in [0.5, 0.6) is 0 Å². The summed E-state index contributed by atoms with van der Waals surface area (Å²) in [4.78, 5) is 23.3. The molecule has 5 heteroatoms. The maximum absolute atomic E-state index is 12.0. The SMILES string of the molecule is CC(=O)c1[nH]ncc1NC(=O)c1ccccc1C. The van der Waals surface area contributed by atoms with Gasteiger partial charge in [-0.15, -0.1) is 0 Å². The molecule has 92 valence electrons. The number of carbonyl (C=O) groups is 2. The van der Waals surface area contributed by atoms with Gasteiger partial charge in [0.1, 0.15) is 5.69 Å². The number of benzene rings is 1. The lowest BCUT2D eigenvalue weighted by molar-refractivity contribution is 0.101. The molecule has 0 bridgehead atoms. The quantitative estimate of drug-likeness (QED) is 0.811. The van der Waals surface area contributed by atoms with Gasteiger partial charge in [0, 0.05) is 12.5 Å². The molecular weight excluding hydrogens is 230 g/mol. The van der Waals surface area contributed by atoms with Crippen LogP contribution in [0.25, 0.3) is 0 Å². The lowest BCUT2D eigenvalue weighted by atomic mass is 10.1. The van der Waals surface area contributed by atoms with Gasteiger partial charge in [-0.25, -0.2) is 0 Å². The lowest BCUT2D eigenvalue weighted by Gasteiger charge is -2.06. The van der Waals surface area contributed by atoms with Gasteiger partial charge in [0.2, 0.25) is 0 Å². The minimum atomic E-state index is -0.253. The third-order valence-corrected chi connectivity index (χ3v) is 2.63. The van der Waals surface area contributed by atoms with E-state index in [1.165, 1.54) is 13.1 Å². The van der Waals surface area contributed by atoms with E-state index in [-0.39, 0.29) is 11.7 Å². The van der Waals surface area contributed by atoms with E-state index in [1.54, 1.807) is 12.1 Å². The van der Waals surface area contributed by atoms with Crippen molar-refractivity contribution in [1.82, 2.24) is 10.2 Å². The predicted molar refractivity (Wildman–Crippen MR) is 67.7 cm³/mol. The highest BCUT2D eigenvalue weighted by Gasteiger charge is 2.14. The third-order valence-electron chi connectivity index (χ3n) is 2.63. The fraction of sp³-hybridized carbons (Fsp3) is 0.154. The number of ketones is 1. The Morgan fingerprint density at radius 2 is 2.00 bits per heavy atom. The maximum atomic E-state index is 12.0. The second-order valence-corrected chi connectivity index (χ2v) is 3.98. The first-order valence-electron chi connectivity index (χ1n) is 5.51. The summed E-state index contributed by atoms with van der Waals surface area (Å²) >= 11 is 0. The van der Waals surface area contributed by atoms with Gasteiger partial charge in [0.15, 0.2) is 5.78 Å². The highest BCUT2D eigenvalue weighted by Crippen LogP contribution is 2.15. The van der Waals surface area contributed by atoms with Gasteiger partial charge >= 0.3 is 0 Å². The van der Waals surface area contributed by atoms with Crippen molar-refractivity contribution in [3.8, 4) is 0 Å². The first-order chi connectivity index (χ1) is 8.59. The molecule has 0 spiro atoms. The van der Waals surface area contributed by atoms with E-state index >= 15 is 0 Å². The molecule has 1 aromatic heterocycles. The molecule has 5 nitrogen and oxygen atoms in total. The van der Waals surface area contributed by atoms with E-state index in [0.717, 1.165) is 5.56 Å². The number of hydrogen-bond donors (Lipinski definition) is 2. The normalized spacial score (nSPS) is 10.1. The molecule has 0 atom stereocenters. The highest BCUT2D eigenvalue weighted by atomic mass is 16.2. The second kappa shape index (κ2) is 4.83. The molecule has 0 aliphatic carbocycles. The second-order valence-electron chi connectivity index (χ2n) is 3.98. The molecule has 1 amide bonds. The highest BCUT2D eigenvalue weighted by molar-refractivity contribution is 6.08. The summed E-state index contributed by atoms with van der Waals surface area (Å²) in [6.45, 7) is 3.27. The van der Waals surface area contributed by atoms with Gasteiger partial charge in [0.05, 0.1) is 11.9 Å². The molecule has 2 rings (SSSR count). The average molecular weight is 243 g/mol. The fourth-order valence-electron chi connectivity index (χ4n) is 1.67. The van der Waals surface area contributed by atoms with Gasteiger partial charge in [0.25, 0.3) is 5.91 Å². The van der Waals surface area contributed by atoms with Crippen LogP contribution in [0.1, 0.15) is 33.3 Å². The van der Waals surface area contributed by atoms with Gasteiger partial charge in [-0.3, -0.25) is 14.7 Å². The maximum Gasteiger partial charge on any atom is 0.256 e. The van der Waals surface area contributed by atoms with E-state index in [9.17, 15) is 9.59 Å². The molecule has 0 aliphatic heterocycles. The van der Waals surface area contributed by atoms with Crippen LogP contribution in [0.2, 0.25) is 0 Å². The summed E-state index contributed by atoms with van der Waals surface area (Å²) in [6, 6.07) is 7.25. The van der Waals surface area contributed by atoms with Crippen molar-refractivity contribution in [2.24, 2.45) is 0 Å². The molecule has 0 aliphatic rings. The van der Waals surface area contributed by atoms with Crippen molar-refractivity contribution in [2.45, 2.75) is 13.8 Å². The van der Waals surface area contributed by atoms with Crippen molar-refractivity contribution in [1.29, 1.82) is 0 Å². The number of Topliss-reactive ketones (excluding diaryl/α,β-unsaturated/α-hetero) is 1. The Bertz CT molecular complexity index is 602. The number of H-pyrrole nitrogens is 1. The van der Waals surface area contributed by atoms with Crippen LogP contribution in [-0.4, -0.2) is 21.9 Å². The Balaban J connectivity index is 2.25. The smallest absolute Gasteiger partial charge is 0.256 e. The zero-order chi connectivity index (χ0) is 13.1.